The Morgan fingerprint density at radius 2 is 0.491 bits per heavy atom. The zero-order valence-electron chi connectivity index (χ0n) is 36.3. The van der Waals surface area contributed by atoms with Crippen LogP contribution in [0.3, 0.4) is 0 Å². The van der Waals surface area contributed by atoms with Crippen molar-refractivity contribution in [3.63, 3.8) is 0 Å². The molecule has 2 unspecified atom stereocenters. The Balaban J connectivity index is -0.00000177. The third-order valence-electron chi connectivity index (χ3n) is 10.4. The fourth-order valence-corrected chi connectivity index (χ4v) is 6.70. The summed E-state index contributed by atoms with van der Waals surface area (Å²) in [5.74, 6) is 1.61. The molecule has 0 rings (SSSR count). The molecular weight excluding hydrogens is 664 g/mol. The summed E-state index contributed by atoms with van der Waals surface area (Å²) in [6, 6.07) is 0. The molecule has 2 atom stereocenters. The van der Waals surface area contributed by atoms with Gasteiger partial charge in [0.2, 0.25) is 0 Å². The van der Waals surface area contributed by atoms with E-state index in [0.29, 0.717) is 0 Å². The Bertz CT molecular complexity index is 550. The molecule has 0 aromatic carbocycles. The van der Waals surface area contributed by atoms with Gasteiger partial charge in [-0.25, -0.2) is 0 Å². The van der Waals surface area contributed by atoms with Gasteiger partial charge in [0.25, 0.3) is 0 Å². The summed E-state index contributed by atoms with van der Waals surface area (Å²) in [6.45, 7) is 9.90. The van der Waals surface area contributed by atoms with Crippen molar-refractivity contribution in [2.45, 2.75) is 245 Å². The van der Waals surface area contributed by atoms with Crippen molar-refractivity contribution in [3.05, 3.63) is 0 Å². The van der Waals surface area contributed by atoms with E-state index in [9.17, 15) is 0 Å². The van der Waals surface area contributed by atoms with Crippen LogP contribution in [-0.2, 0) is 4.74 Å². The Labute approximate surface area is 331 Å². The summed E-state index contributed by atoms with van der Waals surface area (Å²) in [7, 11) is 0. The maximum absolute atomic E-state index is 8.17. The monoisotopic (exact) mass is 763 g/mol. The SMILES string of the molecule is CCCCCCCCCCC(CCCCCCCC)COCC(CCCCCCCC)CCCCCCCCCC.OCC(O)CO.OCC(O)CO. The predicted molar refractivity (Wildman–Crippen MR) is 229 cm³/mol. The molecule has 0 aliphatic rings. The highest BCUT2D eigenvalue weighted by molar-refractivity contribution is 4.64. The molecule has 0 bridgehead atoms. The van der Waals surface area contributed by atoms with Gasteiger partial charge in [-0.1, -0.05) is 207 Å². The third kappa shape index (κ3) is 51.7. The van der Waals surface area contributed by atoms with Crippen molar-refractivity contribution in [1.29, 1.82) is 0 Å². The van der Waals surface area contributed by atoms with Gasteiger partial charge in [0, 0.05) is 13.2 Å². The largest absolute Gasteiger partial charge is 0.394 e. The van der Waals surface area contributed by atoms with Crippen LogP contribution in [0.4, 0.5) is 0 Å². The van der Waals surface area contributed by atoms with Crippen LogP contribution in [0, 0.1) is 11.8 Å². The zero-order chi connectivity index (χ0) is 39.9. The van der Waals surface area contributed by atoms with Crippen LogP contribution < -0.4 is 0 Å². The van der Waals surface area contributed by atoms with E-state index < -0.39 is 12.2 Å². The summed E-state index contributed by atoms with van der Waals surface area (Å²) in [6.07, 6.45) is 43.7. The van der Waals surface area contributed by atoms with Crippen LogP contribution in [-0.4, -0.2) is 82.5 Å². The molecule has 0 aliphatic carbocycles. The molecule has 0 aromatic rings. The smallest absolute Gasteiger partial charge is 0.100 e. The lowest BCUT2D eigenvalue weighted by atomic mass is 9.93. The summed E-state index contributed by atoms with van der Waals surface area (Å²) in [5.41, 5.74) is 0. The highest BCUT2D eigenvalue weighted by atomic mass is 16.5. The Morgan fingerprint density at radius 3 is 0.660 bits per heavy atom. The van der Waals surface area contributed by atoms with Crippen molar-refractivity contribution >= 4 is 0 Å². The molecule has 6 N–H and O–H groups in total. The molecule has 0 radical (unpaired) electrons. The standard InChI is InChI=1S/C40H82O.2C3H8O3/c1-5-9-13-17-21-23-27-31-35-39(33-29-25-19-15-11-7-3)37-41-38-40(34-30-26-20-16-12-8-4)36-32-28-24-22-18-14-10-6-2;2*4-1-3(6)2-5/h39-40H,5-38H2,1-4H3;2*3-6H,1-2H2. The van der Waals surface area contributed by atoms with E-state index in [1.165, 1.54) is 205 Å². The lowest BCUT2D eigenvalue weighted by molar-refractivity contribution is 0.0450. The van der Waals surface area contributed by atoms with Crippen LogP contribution in [0.2, 0.25) is 0 Å². The summed E-state index contributed by atoms with van der Waals surface area (Å²) >= 11 is 0. The Kier molecular flexibility index (Phi) is 55.7. The molecule has 0 saturated carbocycles. The predicted octanol–water partition coefficient (Wildman–Crippen LogP) is 11.5. The second-order valence-corrected chi connectivity index (χ2v) is 15.9. The second-order valence-electron chi connectivity index (χ2n) is 15.9. The van der Waals surface area contributed by atoms with Crippen molar-refractivity contribution in [3.8, 4) is 0 Å². The molecule has 0 aliphatic heterocycles. The van der Waals surface area contributed by atoms with Crippen molar-refractivity contribution in [2.75, 3.05) is 39.6 Å². The number of aliphatic hydroxyl groups excluding tert-OH is 6. The average molecular weight is 763 g/mol. The normalized spacial score (nSPS) is 12.5. The van der Waals surface area contributed by atoms with E-state index in [1.807, 2.05) is 0 Å². The molecule has 0 spiro atoms. The average Bonchev–Trinajstić information content (AvgIpc) is 3.18. The molecule has 0 heterocycles. The summed E-state index contributed by atoms with van der Waals surface area (Å²) < 4.78 is 6.59. The molecule has 0 saturated heterocycles. The Morgan fingerprint density at radius 1 is 0.302 bits per heavy atom. The van der Waals surface area contributed by atoms with Gasteiger partial charge in [-0.2, -0.15) is 0 Å². The highest BCUT2D eigenvalue weighted by Gasteiger charge is 2.13. The first-order valence-corrected chi connectivity index (χ1v) is 23.3. The molecule has 324 valence electrons. The van der Waals surface area contributed by atoms with E-state index in [4.69, 9.17) is 35.4 Å². The van der Waals surface area contributed by atoms with E-state index in [-0.39, 0.29) is 26.4 Å². The van der Waals surface area contributed by atoms with Crippen LogP contribution >= 0.6 is 0 Å². The van der Waals surface area contributed by atoms with Crippen molar-refractivity contribution in [1.82, 2.24) is 0 Å². The number of aliphatic hydroxyl groups is 6. The highest BCUT2D eigenvalue weighted by Crippen LogP contribution is 2.23. The van der Waals surface area contributed by atoms with Crippen LogP contribution in [0.15, 0.2) is 0 Å². The number of unbranched alkanes of at least 4 members (excludes halogenated alkanes) is 24. The first-order chi connectivity index (χ1) is 25.9. The molecule has 53 heavy (non-hydrogen) atoms. The number of rotatable bonds is 40. The number of hydrogen-bond acceptors (Lipinski definition) is 7. The molecular formula is C46H98O7. The quantitative estimate of drug-likeness (QED) is 0.0343. The fourth-order valence-electron chi connectivity index (χ4n) is 6.70. The van der Waals surface area contributed by atoms with Gasteiger partial charge in [0.15, 0.2) is 0 Å². The molecule has 0 fully saturated rings. The molecule has 7 nitrogen and oxygen atoms in total. The van der Waals surface area contributed by atoms with E-state index in [2.05, 4.69) is 27.7 Å². The van der Waals surface area contributed by atoms with Crippen LogP contribution in [0.1, 0.15) is 233 Å². The van der Waals surface area contributed by atoms with Crippen LogP contribution in [0.25, 0.3) is 0 Å². The van der Waals surface area contributed by atoms with Gasteiger partial charge >= 0.3 is 0 Å². The molecule has 7 heteroatoms. The lowest BCUT2D eigenvalue weighted by Gasteiger charge is -2.21. The first kappa shape index (κ1) is 57.0. The van der Waals surface area contributed by atoms with Crippen LogP contribution in [0.5, 0.6) is 0 Å². The maximum atomic E-state index is 8.17. The van der Waals surface area contributed by atoms with Gasteiger partial charge in [-0.05, 0) is 37.5 Å². The zero-order valence-corrected chi connectivity index (χ0v) is 36.3. The summed E-state index contributed by atoms with van der Waals surface area (Å²) in [4.78, 5) is 0. The number of hydrogen-bond donors (Lipinski definition) is 6. The van der Waals surface area contributed by atoms with Crippen molar-refractivity contribution < 1.29 is 35.4 Å². The second kappa shape index (κ2) is 51.7. The first-order valence-electron chi connectivity index (χ1n) is 23.3. The van der Waals surface area contributed by atoms with E-state index in [1.54, 1.807) is 0 Å². The minimum absolute atomic E-state index is 0.365. The van der Waals surface area contributed by atoms with E-state index >= 15 is 0 Å². The fraction of sp³-hybridized carbons (Fsp3) is 1.00. The summed E-state index contributed by atoms with van der Waals surface area (Å²) in [5, 5.41) is 48.0. The molecule has 0 amide bonds. The van der Waals surface area contributed by atoms with E-state index in [0.717, 1.165) is 25.0 Å². The Hall–Kier alpha value is -0.280. The van der Waals surface area contributed by atoms with Gasteiger partial charge in [-0.15, -0.1) is 0 Å². The van der Waals surface area contributed by atoms with Gasteiger partial charge in [0.05, 0.1) is 26.4 Å². The minimum atomic E-state index is -0.954. The number of ether oxygens (including phenoxy) is 1. The van der Waals surface area contributed by atoms with Crippen molar-refractivity contribution in [2.24, 2.45) is 11.8 Å². The van der Waals surface area contributed by atoms with Gasteiger partial charge in [0.1, 0.15) is 12.2 Å². The third-order valence-corrected chi connectivity index (χ3v) is 10.4. The van der Waals surface area contributed by atoms with Gasteiger partial charge < -0.3 is 35.4 Å². The van der Waals surface area contributed by atoms with Gasteiger partial charge in [-0.3, -0.25) is 0 Å². The molecule has 0 aromatic heterocycles. The lowest BCUT2D eigenvalue weighted by Crippen LogP contribution is -2.16. The topological polar surface area (TPSA) is 131 Å². The maximum Gasteiger partial charge on any atom is 0.100 e. The minimum Gasteiger partial charge on any atom is -0.394 e.